The zero-order chi connectivity index (χ0) is 13.1. The lowest BCUT2D eigenvalue weighted by Crippen LogP contribution is -2.29. The molecular formula is C10H15NO5S. The van der Waals surface area contributed by atoms with Crippen LogP contribution in [0.2, 0.25) is 0 Å². The molecule has 0 bridgehead atoms. The van der Waals surface area contributed by atoms with Gasteiger partial charge in [-0.05, 0) is 13.0 Å². The lowest BCUT2D eigenvalue weighted by Gasteiger charge is -2.15. The molecule has 7 heteroatoms. The summed E-state index contributed by atoms with van der Waals surface area (Å²) in [6.45, 7) is 1.93. The minimum atomic E-state index is -3.54. The Kier molecular flexibility index (Phi) is 4.30. The van der Waals surface area contributed by atoms with Crippen LogP contribution < -0.4 is 0 Å². The van der Waals surface area contributed by atoms with E-state index in [2.05, 4.69) is 0 Å². The van der Waals surface area contributed by atoms with E-state index < -0.39 is 28.2 Å². The third-order valence-electron chi connectivity index (χ3n) is 2.41. The van der Waals surface area contributed by atoms with Crippen molar-refractivity contribution < 1.29 is 22.7 Å². The standard InChI is InChI=1S/C10H15NO5S/c1-8-9(3-5-16-8)7-11(2)17(14,15)6-4-10(12)13/h3,5H,4,6-7H2,1-2H3,(H,12,13). The molecule has 0 radical (unpaired) electrons. The number of hydrogen-bond donors (Lipinski definition) is 1. The predicted molar refractivity (Wildman–Crippen MR) is 61.0 cm³/mol. The van der Waals surface area contributed by atoms with Gasteiger partial charge in [-0.2, -0.15) is 0 Å². The van der Waals surface area contributed by atoms with Crippen molar-refractivity contribution in [2.24, 2.45) is 0 Å². The van der Waals surface area contributed by atoms with E-state index >= 15 is 0 Å². The maximum absolute atomic E-state index is 11.7. The second-order valence-corrected chi connectivity index (χ2v) is 5.91. The van der Waals surface area contributed by atoms with E-state index in [-0.39, 0.29) is 6.54 Å². The Morgan fingerprint density at radius 1 is 1.53 bits per heavy atom. The highest BCUT2D eigenvalue weighted by atomic mass is 32.2. The Bertz CT molecular complexity index is 491. The molecule has 0 atom stereocenters. The van der Waals surface area contributed by atoms with E-state index in [4.69, 9.17) is 9.52 Å². The van der Waals surface area contributed by atoms with E-state index in [0.717, 1.165) is 9.87 Å². The van der Waals surface area contributed by atoms with Gasteiger partial charge >= 0.3 is 5.97 Å². The van der Waals surface area contributed by atoms with Crippen molar-refractivity contribution in [2.75, 3.05) is 12.8 Å². The monoisotopic (exact) mass is 261 g/mol. The van der Waals surface area contributed by atoms with Crippen LogP contribution in [0.3, 0.4) is 0 Å². The molecule has 0 saturated carbocycles. The molecule has 1 heterocycles. The maximum atomic E-state index is 11.7. The number of carbonyl (C=O) groups is 1. The molecule has 17 heavy (non-hydrogen) atoms. The summed E-state index contributed by atoms with van der Waals surface area (Å²) in [4.78, 5) is 10.3. The lowest BCUT2D eigenvalue weighted by atomic mass is 10.3. The number of carboxylic acid groups (broad SMARTS) is 1. The van der Waals surface area contributed by atoms with Crippen molar-refractivity contribution in [3.05, 3.63) is 23.7 Å². The second-order valence-electron chi connectivity index (χ2n) is 3.72. The molecule has 6 nitrogen and oxygen atoms in total. The highest BCUT2D eigenvalue weighted by Gasteiger charge is 2.20. The largest absolute Gasteiger partial charge is 0.481 e. The molecule has 0 saturated heterocycles. The quantitative estimate of drug-likeness (QED) is 0.819. The van der Waals surface area contributed by atoms with Gasteiger partial charge in [0.25, 0.3) is 0 Å². The molecule has 1 aromatic heterocycles. The average Bonchev–Trinajstić information content (AvgIpc) is 2.62. The number of aliphatic carboxylic acids is 1. The second kappa shape index (κ2) is 5.33. The summed E-state index contributed by atoms with van der Waals surface area (Å²) in [6, 6.07) is 1.69. The molecule has 0 aliphatic rings. The molecule has 1 N–H and O–H groups in total. The van der Waals surface area contributed by atoms with Crippen LogP contribution in [-0.2, 0) is 21.4 Å². The zero-order valence-corrected chi connectivity index (χ0v) is 10.5. The maximum Gasteiger partial charge on any atom is 0.304 e. The van der Waals surface area contributed by atoms with Crippen LogP contribution in [0.1, 0.15) is 17.7 Å². The van der Waals surface area contributed by atoms with Gasteiger partial charge in [-0.3, -0.25) is 4.79 Å². The fourth-order valence-electron chi connectivity index (χ4n) is 1.29. The topological polar surface area (TPSA) is 87.8 Å². The third-order valence-corrected chi connectivity index (χ3v) is 4.21. The number of rotatable bonds is 6. The minimum absolute atomic E-state index is 0.185. The summed E-state index contributed by atoms with van der Waals surface area (Å²) < 4.78 is 29.6. The van der Waals surface area contributed by atoms with Crippen LogP contribution in [0.15, 0.2) is 16.7 Å². The van der Waals surface area contributed by atoms with Gasteiger partial charge in [-0.25, -0.2) is 12.7 Å². The summed E-state index contributed by atoms with van der Waals surface area (Å²) in [5.41, 5.74) is 0.770. The number of sulfonamides is 1. The first-order valence-corrected chi connectivity index (χ1v) is 6.62. The molecule has 0 amide bonds. The Labute approximate surface area is 99.9 Å². The number of aryl methyl sites for hydroxylation is 1. The van der Waals surface area contributed by atoms with Gasteiger partial charge in [0.1, 0.15) is 5.76 Å². The van der Waals surface area contributed by atoms with E-state index in [1.54, 1.807) is 13.0 Å². The van der Waals surface area contributed by atoms with Gasteiger partial charge in [-0.15, -0.1) is 0 Å². The number of hydrogen-bond acceptors (Lipinski definition) is 4. The van der Waals surface area contributed by atoms with Crippen LogP contribution in [0.25, 0.3) is 0 Å². The molecule has 0 spiro atoms. The first-order chi connectivity index (χ1) is 7.83. The molecule has 96 valence electrons. The molecule has 0 fully saturated rings. The fourth-order valence-corrected chi connectivity index (χ4v) is 2.37. The van der Waals surface area contributed by atoms with E-state index in [0.29, 0.717) is 5.76 Å². The zero-order valence-electron chi connectivity index (χ0n) is 9.71. The van der Waals surface area contributed by atoms with Crippen LogP contribution in [-0.4, -0.2) is 36.6 Å². The fraction of sp³-hybridized carbons (Fsp3) is 0.500. The first kappa shape index (κ1) is 13.7. The molecule has 0 aliphatic carbocycles. The molecule has 0 unspecified atom stereocenters. The molecule has 1 rings (SSSR count). The van der Waals surface area contributed by atoms with Gasteiger partial charge in [0.2, 0.25) is 10.0 Å². The van der Waals surface area contributed by atoms with Gasteiger partial charge in [0, 0.05) is 19.2 Å². The molecular weight excluding hydrogens is 246 g/mol. The van der Waals surface area contributed by atoms with Crippen molar-refractivity contribution >= 4 is 16.0 Å². The number of furan rings is 1. The SMILES string of the molecule is Cc1occc1CN(C)S(=O)(=O)CCC(=O)O. The van der Waals surface area contributed by atoms with Crippen LogP contribution in [0, 0.1) is 6.92 Å². The molecule has 0 aromatic carbocycles. The van der Waals surface area contributed by atoms with Crippen LogP contribution in [0.4, 0.5) is 0 Å². The Hall–Kier alpha value is -1.34. The van der Waals surface area contributed by atoms with Crippen molar-refractivity contribution in [3.63, 3.8) is 0 Å². The highest BCUT2D eigenvalue weighted by Crippen LogP contribution is 2.13. The summed E-state index contributed by atoms with van der Waals surface area (Å²) in [7, 11) is -2.12. The van der Waals surface area contributed by atoms with Crippen LogP contribution >= 0.6 is 0 Å². The lowest BCUT2D eigenvalue weighted by molar-refractivity contribution is -0.136. The highest BCUT2D eigenvalue weighted by molar-refractivity contribution is 7.89. The molecule has 1 aromatic rings. The Morgan fingerprint density at radius 3 is 2.65 bits per heavy atom. The van der Waals surface area contributed by atoms with Crippen molar-refractivity contribution in [3.8, 4) is 0 Å². The van der Waals surface area contributed by atoms with Gasteiger partial charge < -0.3 is 9.52 Å². The van der Waals surface area contributed by atoms with Gasteiger partial charge in [-0.1, -0.05) is 0 Å². The Morgan fingerprint density at radius 2 is 2.18 bits per heavy atom. The smallest absolute Gasteiger partial charge is 0.304 e. The third kappa shape index (κ3) is 3.86. The summed E-state index contributed by atoms with van der Waals surface area (Å²) in [5, 5.41) is 8.46. The van der Waals surface area contributed by atoms with Gasteiger partial charge in [0.15, 0.2) is 0 Å². The van der Waals surface area contributed by atoms with Crippen molar-refractivity contribution in [1.82, 2.24) is 4.31 Å². The average molecular weight is 261 g/mol. The summed E-state index contributed by atoms with van der Waals surface area (Å²) in [6.07, 6.45) is 1.10. The predicted octanol–water partition coefficient (Wildman–Crippen LogP) is 0.824. The van der Waals surface area contributed by atoms with E-state index in [1.165, 1.54) is 13.3 Å². The van der Waals surface area contributed by atoms with E-state index in [1.807, 2.05) is 0 Å². The normalized spacial score (nSPS) is 11.9. The van der Waals surface area contributed by atoms with Crippen LogP contribution in [0.5, 0.6) is 0 Å². The summed E-state index contributed by atoms with van der Waals surface area (Å²) >= 11 is 0. The minimum Gasteiger partial charge on any atom is -0.481 e. The van der Waals surface area contributed by atoms with E-state index in [9.17, 15) is 13.2 Å². The van der Waals surface area contributed by atoms with Crippen molar-refractivity contribution in [2.45, 2.75) is 19.9 Å². The summed E-state index contributed by atoms with van der Waals surface area (Å²) in [5.74, 6) is -0.859. The Balaban J connectivity index is 2.66. The number of nitrogens with zero attached hydrogens (tertiary/aromatic N) is 1. The molecule has 0 aliphatic heterocycles. The first-order valence-electron chi connectivity index (χ1n) is 5.01. The van der Waals surface area contributed by atoms with Gasteiger partial charge in [0.05, 0.1) is 18.4 Å². The number of carboxylic acids is 1. The van der Waals surface area contributed by atoms with Crippen molar-refractivity contribution in [1.29, 1.82) is 0 Å².